The van der Waals surface area contributed by atoms with E-state index in [-0.39, 0.29) is 18.0 Å². The minimum absolute atomic E-state index is 0.0161. The number of rotatable bonds is 3. The number of carbonyl (C=O) groups excluding carboxylic acids is 1. The molecule has 0 bridgehead atoms. The molecule has 0 radical (unpaired) electrons. The van der Waals surface area contributed by atoms with Gasteiger partial charge in [0, 0.05) is 25.2 Å². The first-order valence-electron chi connectivity index (χ1n) is 7.44. The van der Waals surface area contributed by atoms with Gasteiger partial charge in [-0.2, -0.15) is 0 Å². The lowest BCUT2D eigenvalue weighted by Gasteiger charge is -2.35. The third-order valence-corrected chi connectivity index (χ3v) is 7.76. The molecular weight excluding hydrogens is 388 g/mol. The molecule has 2 fully saturated rings. The Hall–Kier alpha value is -0.440. The van der Waals surface area contributed by atoms with E-state index >= 15 is 0 Å². The van der Waals surface area contributed by atoms with Gasteiger partial charge in [-0.05, 0) is 47.3 Å². The summed E-state index contributed by atoms with van der Waals surface area (Å²) in [5.74, 6) is 0.604. The molecule has 0 spiro atoms. The van der Waals surface area contributed by atoms with Gasteiger partial charge in [0.1, 0.15) is 0 Å². The molecule has 22 heavy (non-hydrogen) atoms. The average Bonchev–Trinajstić information content (AvgIpc) is 3.05. The zero-order valence-electron chi connectivity index (χ0n) is 12.1. The van der Waals surface area contributed by atoms with Crippen LogP contribution >= 0.6 is 27.3 Å². The van der Waals surface area contributed by atoms with Crippen LogP contribution < -0.4 is 5.32 Å². The van der Waals surface area contributed by atoms with E-state index in [0.29, 0.717) is 11.5 Å². The largest absolute Gasteiger partial charge is 0.349 e. The monoisotopic (exact) mass is 406 g/mol. The molecule has 0 aliphatic carbocycles. The quantitative estimate of drug-likeness (QED) is 0.831. The van der Waals surface area contributed by atoms with Gasteiger partial charge in [0.15, 0.2) is 9.84 Å². The summed E-state index contributed by atoms with van der Waals surface area (Å²) in [6.45, 7) is 1.72. The van der Waals surface area contributed by atoms with Gasteiger partial charge in [-0.15, -0.1) is 11.3 Å². The second-order valence-electron chi connectivity index (χ2n) is 5.94. The lowest BCUT2D eigenvalue weighted by molar-refractivity contribution is 0.0902. The number of halogens is 1. The number of likely N-dealkylation sites (tertiary alicyclic amines) is 1. The minimum atomic E-state index is -2.83. The molecule has 122 valence electrons. The number of nitrogens with one attached hydrogen (secondary N) is 1. The third-order valence-electron chi connectivity index (χ3n) is 4.39. The van der Waals surface area contributed by atoms with Crippen LogP contribution in [0.4, 0.5) is 0 Å². The molecule has 1 atom stereocenters. The fourth-order valence-corrected chi connectivity index (χ4v) is 6.22. The van der Waals surface area contributed by atoms with E-state index in [1.54, 1.807) is 0 Å². The molecule has 0 unspecified atom stereocenters. The summed E-state index contributed by atoms with van der Waals surface area (Å²) in [5.41, 5.74) is 0. The van der Waals surface area contributed by atoms with Gasteiger partial charge >= 0.3 is 0 Å². The second kappa shape index (κ2) is 6.59. The van der Waals surface area contributed by atoms with Crippen molar-refractivity contribution in [2.75, 3.05) is 24.6 Å². The first-order chi connectivity index (χ1) is 10.4. The normalized spacial score (nSPS) is 26.1. The van der Waals surface area contributed by atoms with E-state index in [9.17, 15) is 13.2 Å². The number of carbonyl (C=O) groups is 1. The summed E-state index contributed by atoms with van der Waals surface area (Å²) >= 11 is 4.80. The number of sulfone groups is 1. The van der Waals surface area contributed by atoms with Crippen molar-refractivity contribution in [3.05, 3.63) is 20.8 Å². The van der Waals surface area contributed by atoms with Crippen LogP contribution in [0, 0.1) is 0 Å². The van der Waals surface area contributed by atoms with Crippen molar-refractivity contribution in [1.29, 1.82) is 0 Å². The van der Waals surface area contributed by atoms with Gasteiger partial charge in [0.05, 0.1) is 20.2 Å². The number of hydrogen-bond donors (Lipinski definition) is 1. The minimum Gasteiger partial charge on any atom is -0.349 e. The van der Waals surface area contributed by atoms with E-state index < -0.39 is 9.84 Å². The summed E-state index contributed by atoms with van der Waals surface area (Å²) < 4.78 is 24.1. The van der Waals surface area contributed by atoms with Gasteiger partial charge in [-0.25, -0.2) is 8.42 Å². The summed E-state index contributed by atoms with van der Waals surface area (Å²) in [4.78, 5) is 15.1. The van der Waals surface area contributed by atoms with Crippen LogP contribution in [0.25, 0.3) is 0 Å². The maximum Gasteiger partial charge on any atom is 0.261 e. The summed E-state index contributed by atoms with van der Waals surface area (Å²) in [6, 6.07) is 4.06. The Bertz CT molecular complexity index is 651. The highest BCUT2D eigenvalue weighted by atomic mass is 79.9. The van der Waals surface area contributed by atoms with E-state index in [2.05, 4.69) is 26.1 Å². The zero-order valence-corrected chi connectivity index (χ0v) is 15.3. The Balaban J connectivity index is 1.49. The predicted octanol–water partition coefficient (Wildman–Crippen LogP) is 1.89. The molecule has 1 N–H and O–H groups in total. The number of hydrogen-bond acceptors (Lipinski definition) is 5. The van der Waals surface area contributed by atoms with Crippen molar-refractivity contribution >= 4 is 43.0 Å². The summed E-state index contributed by atoms with van der Waals surface area (Å²) in [5, 5.41) is 3.08. The Kier molecular flexibility index (Phi) is 4.92. The Labute approximate surface area is 143 Å². The maximum atomic E-state index is 12.1. The van der Waals surface area contributed by atoms with Crippen LogP contribution in [-0.2, 0) is 9.84 Å². The molecule has 2 aliphatic rings. The number of thiophene rings is 1. The molecule has 1 aromatic rings. The van der Waals surface area contributed by atoms with Crippen LogP contribution in [0.5, 0.6) is 0 Å². The average molecular weight is 407 g/mol. The standard InChI is InChI=1S/C14H19BrN2O3S2/c15-13-2-1-12(21-13)14(18)16-10-3-6-17(7-4-10)11-5-8-22(19,20)9-11/h1-2,10-11H,3-9H2,(H,16,18)/t11-/m0/s1. The Morgan fingerprint density at radius 1 is 1.27 bits per heavy atom. The summed E-state index contributed by atoms with van der Waals surface area (Å²) in [7, 11) is -2.83. The van der Waals surface area contributed by atoms with E-state index in [0.717, 1.165) is 41.0 Å². The van der Waals surface area contributed by atoms with E-state index in [1.165, 1.54) is 11.3 Å². The fraction of sp³-hybridized carbons (Fsp3) is 0.643. The van der Waals surface area contributed by atoms with Gasteiger partial charge in [0.25, 0.3) is 5.91 Å². The number of amides is 1. The van der Waals surface area contributed by atoms with Crippen molar-refractivity contribution in [3.63, 3.8) is 0 Å². The van der Waals surface area contributed by atoms with E-state index in [4.69, 9.17) is 0 Å². The maximum absolute atomic E-state index is 12.1. The lowest BCUT2D eigenvalue weighted by Crippen LogP contribution is -2.48. The van der Waals surface area contributed by atoms with Crippen molar-refractivity contribution in [3.8, 4) is 0 Å². The number of piperidine rings is 1. The SMILES string of the molecule is O=C(NC1CCN([C@H]2CCS(=O)(=O)C2)CC1)c1ccc(Br)s1. The molecule has 1 amide bonds. The number of nitrogens with zero attached hydrogens (tertiary/aromatic N) is 1. The van der Waals surface area contributed by atoms with Crippen molar-refractivity contribution < 1.29 is 13.2 Å². The molecular formula is C14H19BrN2O3S2. The van der Waals surface area contributed by atoms with Crippen LogP contribution in [-0.4, -0.2) is 55.9 Å². The first kappa shape index (κ1) is 16.4. The topological polar surface area (TPSA) is 66.5 Å². The first-order valence-corrected chi connectivity index (χ1v) is 10.9. The van der Waals surface area contributed by atoms with Crippen molar-refractivity contribution in [2.24, 2.45) is 0 Å². The van der Waals surface area contributed by atoms with Gasteiger partial charge in [-0.3, -0.25) is 9.69 Å². The van der Waals surface area contributed by atoms with Crippen LogP contribution in [0.15, 0.2) is 15.9 Å². The second-order valence-corrected chi connectivity index (χ2v) is 10.6. The Morgan fingerprint density at radius 2 is 2.00 bits per heavy atom. The zero-order chi connectivity index (χ0) is 15.7. The van der Waals surface area contributed by atoms with E-state index in [1.807, 2.05) is 12.1 Å². The Morgan fingerprint density at radius 3 is 2.55 bits per heavy atom. The molecule has 3 rings (SSSR count). The molecule has 3 heterocycles. The highest BCUT2D eigenvalue weighted by Gasteiger charge is 2.34. The third kappa shape index (κ3) is 3.90. The smallest absolute Gasteiger partial charge is 0.261 e. The highest BCUT2D eigenvalue weighted by Crippen LogP contribution is 2.24. The van der Waals surface area contributed by atoms with Crippen LogP contribution in [0.2, 0.25) is 0 Å². The van der Waals surface area contributed by atoms with Gasteiger partial charge < -0.3 is 5.32 Å². The van der Waals surface area contributed by atoms with Gasteiger partial charge in [-0.1, -0.05) is 0 Å². The molecule has 2 saturated heterocycles. The van der Waals surface area contributed by atoms with Gasteiger partial charge in [0.2, 0.25) is 0 Å². The molecule has 8 heteroatoms. The van der Waals surface area contributed by atoms with Crippen molar-refractivity contribution in [2.45, 2.75) is 31.3 Å². The summed E-state index contributed by atoms with van der Waals surface area (Å²) in [6.07, 6.45) is 2.52. The van der Waals surface area contributed by atoms with Crippen LogP contribution in [0.1, 0.15) is 28.9 Å². The molecule has 0 saturated carbocycles. The predicted molar refractivity (Wildman–Crippen MR) is 91.1 cm³/mol. The highest BCUT2D eigenvalue weighted by molar-refractivity contribution is 9.11. The molecule has 0 aromatic carbocycles. The van der Waals surface area contributed by atoms with Crippen LogP contribution in [0.3, 0.4) is 0 Å². The molecule has 1 aromatic heterocycles. The van der Waals surface area contributed by atoms with Crippen molar-refractivity contribution in [1.82, 2.24) is 10.2 Å². The fourth-order valence-electron chi connectivity index (χ4n) is 3.17. The molecule has 5 nitrogen and oxygen atoms in total. The lowest BCUT2D eigenvalue weighted by atomic mass is 10.0. The molecule has 2 aliphatic heterocycles.